The maximum atomic E-state index is 10.9. The number of nitrogen functional groups attached to an aromatic ring is 1. The van der Waals surface area contributed by atoms with Crippen molar-refractivity contribution in [2.24, 2.45) is 0 Å². The van der Waals surface area contributed by atoms with Crippen molar-refractivity contribution in [3.05, 3.63) is 16.4 Å². The zero-order valence-corrected chi connectivity index (χ0v) is 9.38. The Morgan fingerprint density at radius 1 is 1.50 bits per heavy atom. The smallest absolute Gasteiger partial charge is 0.353 e. The molecule has 0 atom stereocenters. The summed E-state index contributed by atoms with van der Waals surface area (Å²) in [6.45, 7) is 5.26. The lowest BCUT2D eigenvalue weighted by Gasteiger charge is -2.20. The number of aromatic nitrogens is 2. The number of hydrogen-bond donors (Lipinski definition) is 1. The second-order valence-corrected chi connectivity index (χ2v) is 3.27. The Bertz CT molecular complexity index is 382. The lowest BCUT2D eigenvalue weighted by atomic mass is 10.3. The third-order valence-electron chi connectivity index (χ3n) is 2.19. The van der Waals surface area contributed by atoms with Gasteiger partial charge in [0.25, 0.3) is 0 Å². The van der Waals surface area contributed by atoms with Gasteiger partial charge in [-0.05, 0) is 13.3 Å². The van der Waals surface area contributed by atoms with E-state index in [4.69, 9.17) is 5.73 Å². The molecule has 0 unspecified atom stereocenters. The summed E-state index contributed by atoms with van der Waals surface area (Å²) in [6.07, 6.45) is 2.13. The zero-order valence-electron chi connectivity index (χ0n) is 9.38. The van der Waals surface area contributed by atoms with Crippen LogP contribution in [0.1, 0.15) is 20.3 Å². The number of nitrogens with two attached hydrogens (primary N) is 1. The highest BCUT2D eigenvalue weighted by Gasteiger charge is 2.24. The van der Waals surface area contributed by atoms with E-state index in [0.717, 1.165) is 6.42 Å². The van der Waals surface area contributed by atoms with E-state index in [-0.39, 0.29) is 11.5 Å². The Morgan fingerprint density at radius 2 is 2.19 bits per heavy atom. The summed E-state index contributed by atoms with van der Waals surface area (Å²) in [7, 11) is 0. The van der Waals surface area contributed by atoms with E-state index in [1.807, 2.05) is 18.7 Å². The molecule has 16 heavy (non-hydrogen) atoms. The van der Waals surface area contributed by atoms with Crippen LogP contribution in [0.3, 0.4) is 0 Å². The topological polar surface area (TPSA) is 98.2 Å². The zero-order chi connectivity index (χ0) is 12.1. The van der Waals surface area contributed by atoms with Crippen LogP contribution in [0.5, 0.6) is 0 Å². The molecule has 1 aromatic heterocycles. The van der Waals surface area contributed by atoms with E-state index in [0.29, 0.717) is 18.9 Å². The Kier molecular flexibility index (Phi) is 3.98. The molecule has 0 fully saturated rings. The maximum Gasteiger partial charge on any atom is 0.353 e. The molecule has 0 bridgehead atoms. The van der Waals surface area contributed by atoms with Crippen molar-refractivity contribution < 1.29 is 4.92 Å². The minimum absolute atomic E-state index is 0.0930. The number of hydrogen-bond acceptors (Lipinski definition) is 6. The first-order valence-electron chi connectivity index (χ1n) is 5.11. The predicted octanol–water partition coefficient (Wildman–Crippen LogP) is 1.20. The van der Waals surface area contributed by atoms with Crippen molar-refractivity contribution in [3.63, 3.8) is 0 Å². The number of rotatable bonds is 5. The SMILES string of the molecule is CCCN(CC)c1ncnc(N)c1[N+](=O)[O-]. The van der Waals surface area contributed by atoms with Crippen LogP contribution < -0.4 is 10.6 Å². The third kappa shape index (κ3) is 2.36. The summed E-state index contributed by atoms with van der Waals surface area (Å²) in [5.41, 5.74) is 5.28. The summed E-state index contributed by atoms with van der Waals surface area (Å²) in [5, 5.41) is 10.9. The van der Waals surface area contributed by atoms with Gasteiger partial charge in [0.05, 0.1) is 4.92 Å². The molecule has 7 heteroatoms. The molecule has 0 radical (unpaired) electrons. The van der Waals surface area contributed by atoms with Gasteiger partial charge in [-0.1, -0.05) is 6.92 Å². The van der Waals surface area contributed by atoms with E-state index >= 15 is 0 Å². The van der Waals surface area contributed by atoms with Crippen molar-refractivity contribution in [1.82, 2.24) is 9.97 Å². The van der Waals surface area contributed by atoms with Gasteiger partial charge in [0.1, 0.15) is 6.33 Å². The highest BCUT2D eigenvalue weighted by Crippen LogP contribution is 2.29. The van der Waals surface area contributed by atoms with Gasteiger partial charge in [0.15, 0.2) is 0 Å². The van der Waals surface area contributed by atoms with E-state index in [1.165, 1.54) is 6.33 Å². The molecule has 0 spiro atoms. The molecule has 0 aromatic carbocycles. The molecule has 88 valence electrons. The molecule has 0 aliphatic rings. The van der Waals surface area contributed by atoms with Gasteiger partial charge in [0.2, 0.25) is 11.6 Å². The summed E-state index contributed by atoms with van der Waals surface area (Å²) >= 11 is 0. The van der Waals surface area contributed by atoms with Gasteiger partial charge in [-0.3, -0.25) is 10.1 Å². The Labute approximate surface area is 93.4 Å². The highest BCUT2D eigenvalue weighted by molar-refractivity contribution is 5.68. The van der Waals surface area contributed by atoms with Gasteiger partial charge >= 0.3 is 5.69 Å². The second kappa shape index (κ2) is 5.24. The van der Waals surface area contributed by atoms with Crippen LogP contribution in [0.15, 0.2) is 6.33 Å². The first-order chi connectivity index (χ1) is 7.61. The van der Waals surface area contributed by atoms with Crippen LogP contribution in [0, 0.1) is 10.1 Å². The van der Waals surface area contributed by atoms with Gasteiger partial charge in [-0.2, -0.15) is 0 Å². The van der Waals surface area contributed by atoms with Crippen LogP contribution >= 0.6 is 0 Å². The average molecular weight is 225 g/mol. The predicted molar refractivity (Wildman–Crippen MR) is 61.3 cm³/mol. The van der Waals surface area contributed by atoms with Crippen molar-refractivity contribution in [2.75, 3.05) is 23.7 Å². The van der Waals surface area contributed by atoms with Crippen LogP contribution in [0.25, 0.3) is 0 Å². The minimum atomic E-state index is -0.539. The molecule has 1 aromatic rings. The molecule has 0 aliphatic carbocycles. The molecular formula is C9H15N5O2. The summed E-state index contributed by atoms with van der Waals surface area (Å²) in [5.74, 6) is 0.200. The molecule has 1 heterocycles. The number of nitro groups is 1. The highest BCUT2D eigenvalue weighted by atomic mass is 16.6. The molecule has 0 saturated carbocycles. The molecule has 0 saturated heterocycles. The van der Waals surface area contributed by atoms with Crippen molar-refractivity contribution in [2.45, 2.75) is 20.3 Å². The van der Waals surface area contributed by atoms with Gasteiger partial charge in [0, 0.05) is 13.1 Å². The fourth-order valence-electron chi connectivity index (χ4n) is 1.47. The van der Waals surface area contributed by atoms with Crippen LogP contribution in [-0.2, 0) is 0 Å². The largest absolute Gasteiger partial charge is 0.378 e. The average Bonchev–Trinajstić information content (AvgIpc) is 2.25. The van der Waals surface area contributed by atoms with E-state index in [2.05, 4.69) is 9.97 Å². The monoisotopic (exact) mass is 225 g/mol. The molecule has 0 amide bonds. The van der Waals surface area contributed by atoms with Gasteiger partial charge in [-0.25, -0.2) is 9.97 Å². The van der Waals surface area contributed by atoms with Crippen molar-refractivity contribution in [3.8, 4) is 0 Å². The molecular weight excluding hydrogens is 210 g/mol. The van der Waals surface area contributed by atoms with E-state index < -0.39 is 4.92 Å². The van der Waals surface area contributed by atoms with E-state index in [1.54, 1.807) is 0 Å². The number of anilines is 2. The first kappa shape index (κ1) is 12.2. The first-order valence-corrected chi connectivity index (χ1v) is 5.11. The Morgan fingerprint density at radius 3 is 2.69 bits per heavy atom. The van der Waals surface area contributed by atoms with Crippen LogP contribution in [0.2, 0.25) is 0 Å². The lowest BCUT2D eigenvalue weighted by molar-refractivity contribution is -0.383. The fraction of sp³-hybridized carbons (Fsp3) is 0.556. The molecule has 7 nitrogen and oxygen atoms in total. The Hall–Kier alpha value is -1.92. The maximum absolute atomic E-state index is 10.9. The van der Waals surface area contributed by atoms with Gasteiger partial charge in [-0.15, -0.1) is 0 Å². The Balaban J connectivity index is 3.20. The second-order valence-electron chi connectivity index (χ2n) is 3.27. The third-order valence-corrected chi connectivity index (χ3v) is 2.19. The summed E-state index contributed by atoms with van der Waals surface area (Å²) < 4.78 is 0. The van der Waals surface area contributed by atoms with Crippen molar-refractivity contribution in [1.29, 1.82) is 0 Å². The minimum Gasteiger partial charge on any atom is -0.378 e. The fourth-order valence-corrected chi connectivity index (χ4v) is 1.47. The normalized spacial score (nSPS) is 10.1. The van der Waals surface area contributed by atoms with Crippen LogP contribution in [0.4, 0.5) is 17.3 Å². The lowest BCUT2D eigenvalue weighted by Crippen LogP contribution is -2.26. The molecule has 0 aliphatic heterocycles. The standard InChI is InChI=1S/C9H15N5O2/c1-3-5-13(4-2)9-7(14(15)16)8(10)11-6-12-9/h6H,3-5H2,1-2H3,(H2,10,11,12). The van der Waals surface area contributed by atoms with E-state index in [9.17, 15) is 10.1 Å². The summed E-state index contributed by atoms with van der Waals surface area (Å²) in [4.78, 5) is 19.7. The molecule has 2 N–H and O–H groups in total. The molecule has 1 rings (SSSR count). The van der Waals surface area contributed by atoms with Crippen LogP contribution in [-0.4, -0.2) is 28.0 Å². The number of nitrogens with zero attached hydrogens (tertiary/aromatic N) is 4. The van der Waals surface area contributed by atoms with Crippen molar-refractivity contribution >= 4 is 17.3 Å². The summed E-state index contributed by atoms with van der Waals surface area (Å²) in [6, 6.07) is 0. The van der Waals surface area contributed by atoms with Gasteiger partial charge < -0.3 is 10.6 Å². The quantitative estimate of drug-likeness (QED) is 0.597.